The van der Waals surface area contributed by atoms with Gasteiger partial charge in [-0.05, 0) is 50.5 Å². The van der Waals surface area contributed by atoms with Gasteiger partial charge in [-0.3, -0.25) is 0 Å². The minimum Gasteiger partial charge on any atom is -0.353 e. The van der Waals surface area contributed by atoms with E-state index in [-0.39, 0.29) is 11.1 Å². The number of nitrogens with zero attached hydrogens (tertiary/aromatic N) is 6. The molecular formula is C22H25Cl2FN6S. The molecule has 32 heavy (non-hydrogen) atoms. The lowest BCUT2D eigenvalue weighted by molar-refractivity contribution is 0.628. The topological polar surface area (TPSA) is 48.4 Å². The number of hydrogen-bond donors (Lipinski definition) is 0. The Balaban J connectivity index is 1.66. The zero-order valence-electron chi connectivity index (χ0n) is 18.2. The Morgan fingerprint density at radius 3 is 2.38 bits per heavy atom. The van der Waals surface area contributed by atoms with E-state index in [1.807, 2.05) is 11.4 Å². The van der Waals surface area contributed by atoms with E-state index in [2.05, 4.69) is 39.8 Å². The molecule has 1 fully saturated rings. The predicted octanol–water partition coefficient (Wildman–Crippen LogP) is 5.61. The third kappa shape index (κ3) is 4.77. The van der Waals surface area contributed by atoms with E-state index in [9.17, 15) is 4.39 Å². The third-order valence-corrected chi connectivity index (χ3v) is 6.87. The van der Waals surface area contributed by atoms with E-state index in [0.717, 1.165) is 55.6 Å². The third-order valence-electron chi connectivity index (χ3n) is 5.55. The molecule has 0 bridgehead atoms. The van der Waals surface area contributed by atoms with Gasteiger partial charge in [0.15, 0.2) is 5.82 Å². The van der Waals surface area contributed by atoms with Crippen molar-refractivity contribution in [3.8, 4) is 11.3 Å². The van der Waals surface area contributed by atoms with E-state index < -0.39 is 5.82 Å². The summed E-state index contributed by atoms with van der Waals surface area (Å²) in [5.74, 6) is 1.89. The van der Waals surface area contributed by atoms with Crippen molar-refractivity contribution in [3.63, 3.8) is 0 Å². The number of hydrogen-bond acceptors (Lipinski definition) is 7. The van der Waals surface area contributed by atoms with Gasteiger partial charge in [-0.15, -0.1) is 0 Å². The largest absolute Gasteiger partial charge is 0.353 e. The van der Waals surface area contributed by atoms with Crippen LogP contribution >= 0.6 is 34.7 Å². The molecule has 0 spiro atoms. The molecule has 3 heterocycles. The molecule has 3 aromatic rings. The van der Waals surface area contributed by atoms with Crippen molar-refractivity contribution in [2.45, 2.75) is 26.8 Å². The van der Waals surface area contributed by atoms with Crippen LogP contribution < -0.4 is 14.7 Å². The summed E-state index contributed by atoms with van der Waals surface area (Å²) in [6.07, 6.45) is 0. The molecule has 0 saturated carbocycles. The van der Waals surface area contributed by atoms with Gasteiger partial charge in [0.05, 0.1) is 15.7 Å². The number of piperazine rings is 1. The number of benzene rings is 1. The monoisotopic (exact) mass is 494 g/mol. The van der Waals surface area contributed by atoms with E-state index >= 15 is 0 Å². The van der Waals surface area contributed by atoms with Crippen molar-refractivity contribution in [2.24, 2.45) is 0 Å². The highest BCUT2D eigenvalue weighted by Gasteiger charge is 2.24. The highest BCUT2D eigenvalue weighted by Crippen LogP contribution is 2.31. The first-order valence-electron chi connectivity index (χ1n) is 10.6. The summed E-state index contributed by atoms with van der Waals surface area (Å²) in [7, 11) is 0. The maximum Gasteiger partial charge on any atom is 0.228 e. The number of halogens is 3. The Morgan fingerprint density at radius 2 is 1.78 bits per heavy atom. The van der Waals surface area contributed by atoms with Gasteiger partial charge in [0, 0.05) is 55.8 Å². The molecule has 1 aliphatic rings. The summed E-state index contributed by atoms with van der Waals surface area (Å²) in [5, 5.41) is 2.62. The molecule has 0 radical (unpaired) electrons. The first-order valence-corrected chi connectivity index (χ1v) is 12.2. The first kappa shape index (κ1) is 23.0. The molecule has 0 atom stereocenters. The molecule has 170 valence electrons. The van der Waals surface area contributed by atoms with Crippen LogP contribution in [0.3, 0.4) is 0 Å². The van der Waals surface area contributed by atoms with Gasteiger partial charge in [0.25, 0.3) is 0 Å². The van der Waals surface area contributed by atoms with Crippen LogP contribution in [0.1, 0.15) is 20.8 Å². The van der Waals surface area contributed by atoms with Gasteiger partial charge in [-0.25, -0.2) is 9.37 Å². The molecule has 0 N–H and O–H groups in total. The molecule has 1 aliphatic heterocycles. The Morgan fingerprint density at radius 1 is 1.06 bits per heavy atom. The first-order chi connectivity index (χ1) is 15.4. The van der Waals surface area contributed by atoms with E-state index in [1.54, 1.807) is 12.1 Å². The van der Waals surface area contributed by atoms with Gasteiger partial charge < -0.3 is 14.7 Å². The number of anilines is 3. The van der Waals surface area contributed by atoms with Gasteiger partial charge in [0.2, 0.25) is 5.95 Å². The van der Waals surface area contributed by atoms with Crippen LogP contribution in [0.4, 0.5) is 22.0 Å². The Labute approximate surface area is 201 Å². The molecule has 1 aromatic carbocycles. The fourth-order valence-electron chi connectivity index (χ4n) is 3.83. The van der Waals surface area contributed by atoms with Crippen LogP contribution in [0.15, 0.2) is 29.6 Å². The maximum atomic E-state index is 13.7. The minimum atomic E-state index is -0.445. The van der Waals surface area contributed by atoms with Crippen LogP contribution in [0.5, 0.6) is 0 Å². The van der Waals surface area contributed by atoms with Crippen molar-refractivity contribution >= 4 is 52.3 Å². The second kappa shape index (κ2) is 9.77. The Kier molecular flexibility index (Phi) is 7.02. The summed E-state index contributed by atoms with van der Waals surface area (Å²) < 4.78 is 18.2. The van der Waals surface area contributed by atoms with Crippen LogP contribution in [0.25, 0.3) is 11.3 Å². The van der Waals surface area contributed by atoms with Crippen LogP contribution in [0.2, 0.25) is 10.0 Å². The Hall–Kier alpha value is -2.16. The fraction of sp³-hybridized carbons (Fsp3) is 0.409. The van der Waals surface area contributed by atoms with Gasteiger partial charge in [-0.2, -0.15) is 9.36 Å². The van der Waals surface area contributed by atoms with Crippen molar-refractivity contribution in [3.05, 3.63) is 45.5 Å². The SMILES string of the molecule is CCN(c1nc(-c2ccc(F)c(Cl)c2)cc(N2CCN(c3nscc3Cl)CC2)n1)C(C)C. The molecule has 10 heteroatoms. The molecule has 0 unspecified atom stereocenters. The Bertz CT molecular complexity index is 1080. The lowest BCUT2D eigenvalue weighted by Gasteiger charge is -2.36. The van der Waals surface area contributed by atoms with Crippen LogP contribution in [-0.2, 0) is 0 Å². The molecule has 4 rings (SSSR count). The predicted molar refractivity (Wildman–Crippen MR) is 132 cm³/mol. The summed E-state index contributed by atoms with van der Waals surface area (Å²) in [6, 6.07) is 6.87. The highest BCUT2D eigenvalue weighted by molar-refractivity contribution is 7.04. The second-order valence-electron chi connectivity index (χ2n) is 7.88. The summed E-state index contributed by atoms with van der Waals surface area (Å²) in [4.78, 5) is 16.3. The lowest BCUT2D eigenvalue weighted by Crippen LogP contribution is -2.47. The smallest absolute Gasteiger partial charge is 0.228 e. The van der Waals surface area contributed by atoms with Gasteiger partial charge in [0.1, 0.15) is 11.6 Å². The molecule has 0 amide bonds. The molecule has 1 saturated heterocycles. The lowest BCUT2D eigenvalue weighted by atomic mass is 10.1. The zero-order chi connectivity index (χ0) is 22.8. The number of rotatable bonds is 6. The zero-order valence-corrected chi connectivity index (χ0v) is 20.6. The summed E-state index contributed by atoms with van der Waals surface area (Å²) in [5.41, 5.74) is 1.48. The normalized spacial score (nSPS) is 14.3. The maximum absolute atomic E-state index is 13.7. The van der Waals surface area contributed by atoms with E-state index in [1.165, 1.54) is 17.6 Å². The average Bonchev–Trinajstić information content (AvgIpc) is 3.21. The second-order valence-corrected chi connectivity index (χ2v) is 9.32. The van der Waals surface area contributed by atoms with E-state index in [4.69, 9.17) is 33.2 Å². The van der Waals surface area contributed by atoms with Crippen molar-refractivity contribution in [1.82, 2.24) is 14.3 Å². The van der Waals surface area contributed by atoms with Gasteiger partial charge in [-0.1, -0.05) is 23.2 Å². The molecule has 0 aliphatic carbocycles. The standard InChI is InChI=1S/C22H25Cl2FN6S/c1-4-31(14(2)3)22-26-19(15-5-6-18(25)16(23)11-15)12-20(27-22)29-7-9-30(10-8-29)21-17(24)13-32-28-21/h5-6,11-14H,4,7-10H2,1-3H3. The highest BCUT2D eigenvalue weighted by atomic mass is 35.5. The summed E-state index contributed by atoms with van der Waals surface area (Å²) in [6.45, 7) is 10.2. The van der Waals surface area contributed by atoms with Crippen molar-refractivity contribution in [2.75, 3.05) is 47.4 Å². The summed E-state index contributed by atoms with van der Waals surface area (Å²) >= 11 is 13.7. The molecule has 2 aromatic heterocycles. The number of aromatic nitrogens is 3. The van der Waals surface area contributed by atoms with Crippen LogP contribution in [-0.4, -0.2) is 53.1 Å². The quantitative estimate of drug-likeness (QED) is 0.443. The fourth-order valence-corrected chi connectivity index (χ4v) is 4.90. The minimum absolute atomic E-state index is 0.0779. The van der Waals surface area contributed by atoms with Gasteiger partial charge >= 0.3 is 0 Å². The molecule has 6 nitrogen and oxygen atoms in total. The van der Waals surface area contributed by atoms with Crippen molar-refractivity contribution in [1.29, 1.82) is 0 Å². The average molecular weight is 495 g/mol. The van der Waals surface area contributed by atoms with Crippen LogP contribution in [0, 0.1) is 5.82 Å². The van der Waals surface area contributed by atoms with Crippen molar-refractivity contribution < 1.29 is 4.39 Å². The van der Waals surface area contributed by atoms with E-state index in [0.29, 0.717) is 11.0 Å². The molecular weight excluding hydrogens is 470 g/mol.